The van der Waals surface area contributed by atoms with Gasteiger partial charge in [0.2, 0.25) is 0 Å². The van der Waals surface area contributed by atoms with E-state index in [9.17, 15) is 5.11 Å². The number of aliphatic hydroxyl groups is 1. The van der Waals surface area contributed by atoms with Gasteiger partial charge in [-0.3, -0.25) is 0 Å². The van der Waals surface area contributed by atoms with Crippen LogP contribution in [0.25, 0.3) is 0 Å². The maximum absolute atomic E-state index is 10.2. The Bertz CT molecular complexity index is 394. The van der Waals surface area contributed by atoms with Gasteiger partial charge in [0.15, 0.2) is 0 Å². The summed E-state index contributed by atoms with van der Waals surface area (Å²) in [5, 5.41) is 10.3. The highest BCUT2D eigenvalue weighted by Crippen LogP contribution is 2.64. The van der Waals surface area contributed by atoms with E-state index in [-0.39, 0.29) is 31.5 Å². The fourth-order valence-electron chi connectivity index (χ4n) is 3.89. The average Bonchev–Trinajstić information content (AvgIpc) is 2.29. The van der Waals surface area contributed by atoms with Gasteiger partial charge in [-0.2, -0.15) is 0 Å². The lowest BCUT2D eigenvalue weighted by molar-refractivity contribution is -0.0175. The van der Waals surface area contributed by atoms with Crippen molar-refractivity contribution in [2.75, 3.05) is 0 Å². The van der Waals surface area contributed by atoms with Crippen LogP contribution in [0.2, 0.25) is 0 Å². The molecule has 2 aliphatic carbocycles. The van der Waals surface area contributed by atoms with E-state index in [0.29, 0.717) is 6.42 Å². The molecule has 1 spiro atoms. The first kappa shape index (κ1) is 16.3. The molecule has 0 saturated heterocycles. The number of rotatable bonds is 0. The normalized spacial score (nSPS) is 50.5. The Labute approximate surface area is 138 Å². The van der Waals surface area contributed by atoms with Gasteiger partial charge >= 0.3 is 0 Å². The van der Waals surface area contributed by atoms with Crippen molar-refractivity contribution < 1.29 is 5.11 Å². The predicted octanol–water partition coefficient (Wildman–Crippen LogP) is 5.03. The van der Waals surface area contributed by atoms with Gasteiger partial charge in [0.1, 0.15) is 0 Å². The summed E-state index contributed by atoms with van der Waals surface area (Å²) in [7, 11) is 0. The molecule has 2 aliphatic rings. The van der Waals surface area contributed by atoms with E-state index >= 15 is 0 Å². The number of alkyl halides is 3. The second-order valence-corrected chi connectivity index (χ2v) is 10.4. The standard InChI is InChI=1S/C15H23Br2ClO/c1-9-7-10(19)12(16)13(2,3)15(9)6-5-14(4,17)11(18)8-15/h10-12,19H,1,5-8H2,2-4H3/t10-,11+,12-,14+,15-/m1/s1. The largest absolute Gasteiger partial charge is 0.392 e. The van der Waals surface area contributed by atoms with Crippen LogP contribution in [0.5, 0.6) is 0 Å². The topological polar surface area (TPSA) is 20.2 Å². The van der Waals surface area contributed by atoms with Crippen molar-refractivity contribution in [2.45, 2.75) is 67.1 Å². The first-order valence-electron chi connectivity index (χ1n) is 6.88. The van der Waals surface area contributed by atoms with Crippen LogP contribution in [0.3, 0.4) is 0 Å². The quantitative estimate of drug-likeness (QED) is 0.435. The second-order valence-electron chi connectivity index (χ2n) is 7.03. The van der Waals surface area contributed by atoms with Gasteiger partial charge in [-0.15, -0.1) is 11.6 Å². The SMILES string of the molecule is C=C1C[C@@H](O)[C@@H](Br)C(C)(C)[C@@]12CC[C@](C)(Br)[C@@H](Cl)C2. The molecule has 0 amide bonds. The van der Waals surface area contributed by atoms with Crippen LogP contribution < -0.4 is 0 Å². The van der Waals surface area contributed by atoms with Crippen LogP contribution in [0.15, 0.2) is 12.2 Å². The first-order valence-corrected chi connectivity index (χ1v) is 9.02. The molecule has 0 aromatic carbocycles. The molecule has 0 aliphatic heterocycles. The lowest BCUT2D eigenvalue weighted by Gasteiger charge is -2.60. The molecule has 1 N–H and O–H groups in total. The Balaban J connectivity index is 2.39. The Kier molecular flexibility index (Phi) is 4.29. The fraction of sp³-hybridized carbons (Fsp3) is 0.867. The molecule has 0 aromatic heterocycles. The summed E-state index contributed by atoms with van der Waals surface area (Å²) in [5.74, 6) is 0. The number of halogens is 3. The highest BCUT2D eigenvalue weighted by molar-refractivity contribution is 9.10. The Hall–Kier alpha value is 0.950. The first-order chi connectivity index (χ1) is 8.54. The molecule has 19 heavy (non-hydrogen) atoms. The van der Waals surface area contributed by atoms with Crippen LogP contribution in [0, 0.1) is 10.8 Å². The highest BCUT2D eigenvalue weighted by atomic mass is 79.9. The summed E-state index contributed by atoms with van der Waals surface area (Å²) < 4.78 is 0.00797. The van der Waals surface area contributed by atoms with Crippen molar-refractivity contribution in [3.63, 3.8) is 0 Å². The minimum absolute atomic E-state index is 0.00797. The highest BCUT2D eigenvalue weighted by Gasteiger charge is 2.59. The van der Waals surface area contributed by atoms with Gasteiger partial charge < -0.3 is 5.11 Å². The third kappa shape index (κ3) is 2.37. The predicted molar refractivity (Wildman–Crippen MR) is 89.5 cm³/mol. The summed E-state index contributed by atoms with van der Waals surface area (Å²) in [4.78, 5) is 0.0917. The van der Waals surface area contributed by atoms with Crippen molar-refractivity contribution in [3.8, 4) is 0 Å². The molecule has 4 heteroatoms. The lowest BCUT2D eigenvalue weighted by atomic mass is 9.49. The molecule has 0 unspecified atom stereocenters. The van der Waals surface area contributed by atoms with Crippen molar-refractivity contribution in [3.05, 3.63) is 12.2 Å². The average molecular weight is 415 g/mol. The molecule has 0 bridgehead atoms. The van der Waals surface area contributed by atoms with Crippen LogP contribution in [-0.2, 0) is 0 Å². The van der Waals surface area contributed by atoms with Crippen LogP contribution in [-0.4, -0.2) is 25.7 Å². The minimum atomic E-state index is -0.348. The van der Waals surface area contributed by atoms with E-state index in [4.69, 9.17) is 11.6 Å². The Morgan fingerprint density at radius 2 is 1.89 bits per heavy atom. The molecular weight excluding hydrogens is 391 g/mol. The molecule has 2 saturated carbocycles. The maximum Gasteiger partial charge on any atom is 0.0707 e. The molecule has 2 rings (SSSR count). The van der Waals surface area contributed by atoms with E-state index in [0.717, 1.165) is 19.3 Å². The van der Waals surface area contributed by atoms with Crippen LogP contribution in [0.4, 0.5) is 0 Å². The van der Waals surface area contributed by atoms with Crippen molar-refractivity contribution >= 4 is 43.5 Å². The summed E-state index contributed by atoms with van der Waals surface area (Å²) >= 11 is 14.1. The van der Waals surface area contributed by atoms with Crippen molar-refractivity contribution in [1.29, 1.82) is 0 Å². The zero-order valence-corrected chi connectivity index (χ0v) is 15.8. The third-order valence-electron chi connectivity index (χ3n) is 5.61. The number of hydrogen-bond acceptors (Lipinski definition) is 1. The number of hydrogen-bond donors (Lipinski definition) is 1. The van der Waals surface area contributed by atoms with Crippen molar-refractivity contribution in [1.82, 2.24) is 0 Å². The fourth-order valence-corrected chi connectivity index (χ4v) is 5.25. The van der Waals surface area contributed by atoms with Gasteiger partial charge in [-0.1, -0.05) is 57.9 Å². The van der Waals surface area contributed by atoms with E-state index < -0.39 is 0 Å². The molecule has 0 aromatic rings. The molecule has 110 valence electrons. The minimum Gasteiger partial charge on any atom is -0.392 e. The zero-order chi connectivity index (χ0) is 14.6. The summed E-state index contributed by atoms with van der Waals surface area (Å²) in [6.45, 7) is 10.9. The molecular formula is C15H23Br2ClO. The van der Waals surface area contributed by atoms with Crippen LogP contribution >= 0.6 is 43.5 Å². The smallest absolute Gasteiger partial charge is 0.0707 e. The summed E-state index contributed by atoms with van der Waals surface area (Å²) in [5.41, 5.74) is 1.16. The zero-order valence-electron chi connectivity index (χ0n) is 11.8. The van der Waals surface area contributed by atoms with Gasteiger partial charge in [0.05, 0.1) is 6.10 Å². The van der Waals surface area contributed by atoms with Crippen molar-refractivity contribution in [2.24, 2.45) is 10.8 Å². The molecule has 5 atom stereocenters. The van der Waals surface area contributed by atoms with Gasteiger partial charge in [-0.05, 0) is 43.4 Å². The van der Waals surface area contributed by atoms with Gasteiger partial charge in [0.25, 0.3) is 0 Å². The lowest BCUT2D eigenvalue weighted by Crippen LogP contribution is -2.58. The molecule has 0 radical (unpaired) electrons. The molecule has 0 heterocycles. The maximum atomic E-state index is 10.2. The molecule has 2 fully saturated rings. The number of aliphatic hydroxyl groups excluding tert-OH is 1. The Morgan fingerprint density at radius 3 is 2.42 bits per heavy atom. The monoisotopic (exact) mass is 412 g/mol. The summed E-state index contributed by atoms with van der Waals surface area (Å²) in [6.07, 6.45) is 3.39. The summed E-state index contributed by atoms with van der Waals surface area (Å²) in [6, 6.07) is 0. The van der Waals surface area contributed by atoms with E-state index in [1.54, 1.807) is 0 Å². The van der Waals surface area contributed by atoms with Crippen LogP contribution in [0.1, 0.15) is 46.5 Å². The van der Waals surface area contributed by atoms with E-state index in [2.05, 4.69) is 59.2 Å². The van der Waals surface area contributed by atoms with E-state index in [1.807, 2.05) is 0 Å². The van der Waals surface area contributed by atoms with Gasteiger partial charge in [-0.25, -0.2) is 0 Å². The Morgan fingerprint density at radius 1 is 1.32 bits per heavy atom. The van der Waals surface area contributed by atoms with E-state index in [1.165, 1.54) is 5.57 Å². The second kappa shape index (κ2) is 5.00. The molecule has 1 nitrogen and oxygen atoms in total. The third-order valence-corrected chi connectivity index (χ3v) is 9.22. The van der Waals surface area contributed by atoms with Gasteiger partial charge in [0, 0.05) is 14.5 Å².